The predicted octanol–water partition coefficient (Wildman–Crippen LogP) is 1.57. The molecule has 8 nitrogen and oxygen atoms in total. The van der Waals surface area contributed by atoms with Gasteiger partial charge < -0.3 is 14.2 Å². The van der Waals surface area contributed by atoms with E-state index in [9.17, 15) is 19.2 Å². The first-order valence-electron chi connectivity index (χ1n) is 10.2. The van der Waals surface area contributed by atoms with Crippen LogP contribution >= 0.6 is 0 Å². The molecule has 2 aliphatic heterocycles. The molecule has 0 atom stereocenters. The molecule has 3 heterocycles. The first-order valence-corrected chi connectivity index (χ1v) is 10.2. The number of carbonyl (C=O) groups excluding carboxylic acids is 2. The second kappa shape index (κ2) is 7.59. The second-order valence-electron chi connectivity index (χ2n) is 8.27. The standard InChI is InChI=1S/C22H25N3O5/c1-14-11-15(2)20-16(26)13-22(30-17(20)12-14)5-9-24(10-6-22)19(28)4-8-25-7-3-18(27)23-21(25)29/h3,7,11-12H,4-6,8-10,13H2,1-2H3,(H,23,27,29). The number of likely N-dealkylation sites (tertiary alicyclic amines) is 1. The van der Waals surface area contributed by atoms with Crippen LogP contribution in [0, 0.1) is 13.8 Å². The summed E-state index contributed by atoms with van der Waals surface area (Å²) in [5, 5.41) is 0. The highest BCUT2D eigenvalue weighted by Crippen LogP contribution is 2.41. The number of benzene rings is 1. The molecule has 1 saturated heterocycles. The lowest BCUT2D eigenvalue weighted by Gasteiger charge is -2.44. The number of fused-ring (bicyclic) bond motifs is 1. The molecule has 1 aromatic heterocycles. The third-order valence-corrected chi connectivity index (χ3v) is 6.02. The summed E-state index contributed by atoms with van der Waals surface area (Å²) in [6.45, 7) is 5.13. The molecule has 8 heteroatoms. The van der Waals surface area contributed by atoms with Crippen molar-refractivity contribution in [1.82, 2.24) is 14.5 Å². The van der Waals surface area contributed by atoms with E-state index >= 15 is 0 Å². The van der Waals surface area contributed by atoms with E-state index in [-0.39, 0.29) is 24.7 Å². The van der Waals surface area contributed by atoms with Gasteiger partial charge in [0.1, 0.15) is 11.4 Å². The number of piperidine rings is 1. The van der Waals surface area contributed by atoms with Gasteiger partial charge in [-0.25, -0.2) is 4.79 Å². The molecule has 4 rings (SSSR count). The number of amides is 1. The topological polar surface area (TPSA) is 101 Å². The highest BCUT2D eigenvalue weighted by molar-refractivity contribution is 6.01. The molecule has 2 aliphatic rings. The first kappa shape index (κ1) is 20.1. The Kier molecular flexibility index (Phi) is 5.09. The number of nitrogens with zero attached hydrogens (tertiary/aromatic N) is 2. The average Bonchev–Trinajstić information content (AvgIpc) is 2.66. The molecule has 2 aromatic rings. The van der Waals surface area contributed by atoms with Crippen molar-refractivity contribution >= 4 is 11.7 Å². The predicted molar refractivity (Wildman–Crippen MR) is 110 cm³/mol. The Morgan fingerprint density at radius 1 is 1.17 bits per heavy atom. The number of ether oxygens (including phenoxy) is 1. The summed E-state index contributed by atoms with van der Waals surface area (Å²) in [4.78, 5) is 52.2. The van der Waals surface area contributed by atoms with Crippen LogP contribution in [0.3, 0.4) is 0 Å². The lowest BCUT2D eigenvalue weighted by Crippen LogP contribution is -2.52. The van der Waals surface area contributed by atoms with Gasteiger partial charge in [-0.2, -0.15) is 0 Å². The summed E-state index contributed by atoms with van der Waals surface area (Å²) in [5.41, 5.74) is 1.13. The number of H-pyrrole nitrogens is 1. The van der Waals surface area contributed by atoms with Crippen molar-refractivity contribution in [2.75, 3.05) is 13.1 Å². The molecular weight excluding hydrogens is 386 g/mol. The minimum absolute atomic E-state index is 0.0582. The molecule has 1 aromatic carbocycles. The van der Waals surface area contributed by atoms with Crippen molar-refractivity contribution in [2.45, 2.75) is 51.7 Å². The second-order valence-corrected chi connectivity index (χ2v) is 8.27. The van der Waals surface area contributed by atoms with Crippen LogP contribution < -0.4 is 16.0 Å². The molecule has 0 bridgehead atoms. The number of aromatic amines is 1. The van der Waals surface area contributed by atoms with Crippen LogP contribution in [0.25, 0.3) is 0 Å². The van der Waals surface area contributed by atoms with Crippen molar-refractivity contribution in [3.05, 3.63) is 61.9 Å². The molecule has 0 unspecified atom stereocenters. The van der Waals surface area contributed by atoms with E-state index in [4.69, 9.17) is 4.74 Å². The Labute approximate surface area is 173 Å². The van der Waals surface area contributed by atoms with E-state index in [1.165, 1.54) is 16.8 Å². The minimum Gasteiger partial charge on any atom is -0.486 e. The van der Waals surface area contributed by atoms with Crippen LogP contribution in [-0.2, 0) is 11.3 Å². The quantitative estimate of drug-likeness (QED) is 0.826. The van der Waals surface area contributed by atoms with Gasteiger partial charge >= 0.3 is 5.69 Å². The van der Waals surface area contributed by atoms with Gasteiger partial charge in [-0.15, -0.1) is 0 Å². The Morgan fingerprint density at radius 2 is 1.90 bits per heavy atom. The number of carbonyl (C=O) groups is 2. The van der Waals surface area contributed by atoms with Gasteiger partial charge in [0.15, 0.2) is 5.78 Å². The highest BCUT2D eigenvalue weighted by Gasteiger charge is 2.44. The number of ketones is 1. The zero-order chi connectivity index (χ0) is 21.5. The molecule has 158 valence electrons. The van der Waals surface area contributed by atoms with Crippen LogP contribution in [0.1, 0.15) is 47.2 Å². The molecular formula is C22H25N3O5. The van der Waals surface area contributed by atoms with Gasteiger partial charge in [0.05, 0.1) is 12.0 Å². The molecule has 30 heavy (non-hydrogen) atoms. The van der Waals surface area contributed by atoms with Crippen LogP contribution in [0.4, 0.5) is 0 Å². The lowest BCUT2D eigenvalue weighted by atomic mass is 9.81. The maximum absolute atomic E-state index is 12.8. The monoisotopic (exact) mass is 411 g/mol. The van der Waals surface area contributed by atoms with E-state index in [0.29, 0.717) is 43.7 Å². The maximum atomic E-state index is 12.8. The Balaban J connectivity index is 1.40. The number of aryl methyl sites for hydroxylation is 3. The highest BCUT2D eigenvalue weighted by atomic mass is 16.5. The summed E-state index contributed by atoms with van der Waals surface area (Å²) in [6.07, 6.45) is 3.08. The SMILES string of the molecule is Cc1cc(C)c2c(c1)OC1(CCN(C(=O)CCn3ccc(=O)[nH]c3=O)CC1)CC2=O. The van der Waals surface area contributed by atoms with Crippen LogP contribution in [0.2, 0.25) is 0 Å². The summed E-state index contributed by atoms with van der Waals surface area (Å²) in [6, 6.07) is 5.17. The van der Waals surface area contributed by atoms with Crippen molar-refractivity contribution in [2.24, 2.45) is 0 Å². The van der Waals surface area contributed by atoms with E-state index in [1.54, 1.807) is 4.90 Å². The summed E-state index contributed by atoms with van der Waals surface area (Å²) in [5.74, 6) is 0.698. The summed E-state index contributed by atoms with van der Waals surface area (Å²) < 4.78 is 7.65. The fraction of sp³-hybridized carbons (Fsp3) is 0.455. The smallest absolute Gasteiger partial charge is 0.328 e. The third-order valence-electron chi connectivity index (χ3n) is 6.02. The average molecular weight is 411 g/mol. The molecule has 1 N–H and O–H groups in total. The molecule has 1 spiro atoms. The van der Waals surface area contributed by atoms with E-state index in [2.05, 4.69) is 4.98 Å². The van der Waals surface area contributed by atoms with Crippen molar-refractivity contribution in [3.63, 3.8) is 0 Å². The number of hydrogen-bond acceptors (Lipinski definition) is 5. The largest absolute Gasteiger partial charge is 0.486 e. The molecule has 1 fully saturated rings. The number of aromatic nitrogens is 2. The molecule has 0 saturated carbocycles. The molecule has 0 aliphatic carbocycles. The van der Waals surface area contributed by atoms with Crippen LogP contribution in [-0.4, -0.2) is 44.8 Å². The van der Waals surface area contributed by atoms with E-state index in [1.807, 2.05) is 26.0 Å². The van der Waals surface area contributed by atoms with Gasteiger partial charge in [-0.05, 0) is 31.0 Å². The number of nitrogens with one attached hydrogen (secondary N) is 1. The normalized spacial score (nSPS) is 17.5. The Morgan fingerprint density at radius 3 is 2.60 bits per heavy atom. The first-order chi connectivity index (χ1) is 14.3. The van der Waals surface area contributed by atoms with Crippen LogP contribution in [0.15, 0.2) is 34.0 Å². The minimum atomic E-state index is -0.559. The van der Waals surface area contributed by atoms with Gasteiger partial charge in [0, 0.05) is 51.2 Å². The molecule has 0 radical (unpaired) electrons. The number of Topliss-reactive ketones (excluding diaryl/α,β-unsaturated/α-hetero) is 1. The van der Waals surface area contributed by atoms with Crippen LogP contribution in [0.5, 0.6) is 5.75 Å². The van der Waals surface area contributed by atoms with E-state index in [0.717, 1.165) is 11.1 Å². The van der Waals surface area contributed by atoms with Gasteiger partial charge in [0.25, 0.3) is 5.56 Å². The fourth-order valence-electron chi connectivity index (χ4n) is 4.45. The lowest BCUT2D eigenvalue weighted by molar-refractivity contribution is -0.135. The van der Waals surface area contributed by atoms with Gasteiger partial charge in [-0.1, -0.05) is 6.07 Å². The Bertz CT molecular complexity index is 1120. The number of hydrogen-bond donors (Lipinski definition) is 1. The fourth-order valence-corrected chi connectivity index (χ4v) is 4.45. The van der Waals surface area contributed by atoms with Crippen molar-refractivity contribution in [1.29, 1.82) is 0 Å². The van der Waals surface area contributed by atoms with Gasteiger partial charge in [-0.3, -0.25) is 19.4 Å². The number of rotatable bonds is 3. The summed E-state index contributed by atoms with van der Waals surface area (Å²) >= 11 is 0. The zero-order valence-electron chi connectivity index (χ0n) is 17.2. The maximum Gasteiger partial charge on any atom is 0.328 e. The van der Waals surface area contributed by atoms with E-state index < -0.39 is 16.9 Å². The zero-order valence-corrected chi connectivity index (χ0v) is 17.2. The van der Waals surface area contributed by atoms with Crippen molar-refractivity contribution < 1.29 is 14.3 Å². The Hall–Kier alpha value is -3.16. The van der Waals surface area contributed by atoms with Gasteiger partial charge in [0.2, 0.25) is 5.91 Å². The van der Waals surface area contributed by atoms with Crippen molar-refractivity contribution in [3.8, 4) is 5.75 Å². The third kappa shape index (κ3) is 3.81. The molecule has 1 amide bonds. The summed E-state index contributed by atoms with van der Waals surface area (Å²) in [7, 11) is 0.